The largest absolute Gasteiger partial charge is 0.497 e. The first kappa shape index (κ1) is 21.3. The maximum Gasteiger partial charge on any atom is 0.344 e. The van der Waals surface area contributed by atoms with Crippen molar-refractivity contribution in [3.05, 3.63) is 93.8 Å². The van der Waals surface area contributed by atoms with Crippen LogP contribution in [0.5, 0.6) is 11.5 Å². The highest BCUT2D eigenvalue weighted by molar-refractivity contribution is 5.90. The van der Waals surface area contributed by atoms with E-state index in [0.717, 1.165) is 53.0 Å². The molecule has 1 aliphatic rings. The molecular formula is C28H27NO4. The zero-order valence-electron chi connectivity index (χ0n) is 19.0. The first-order valence-electron chi connectivity index (χ1n) is 11.3. The number of aryl methyl sites for hydroxylation is 2. The molecule has 0 atom stereocenters. The van der Waals surface area contributed by atoms with E-state index in [9.17, 15) is 4.79 Å². The molecular weight excluding hydrogens is 414 g/mol. The van der Waals surface area contributed by atoms with Crippen molar-refractivity contribution in [3.8, 4) is 22.6 Å². The van der Waals surface area contributed by atoms with Crippen molar-refractivity contribution >= 4 is 11.0 Å². The second-order valence-electron chi connectivity index (χ2n) is 8.45. The van der Waals surface area contributed by atoms with Crippen LogP contribution in [0.4, 0.5) is 0 Å². The third-order valence-electron chi connectivity index (χ3n) is 6.34. The van der Waals surface area contributed by atoms with Crippen molar-refractivity contribution in [2.75, 3.05) is 20.4 Å². The van der Waals surface area contributed by atoms with Gasteiger partial charge in [-0.25, -0.2) is 4.79 Å². The average molecular weight is 442 g/mol. The zero-order valence-corrected chi connectivity index (χ0v) is 19.0. The molecule has 5 heteroatoms. The number of benzene rings is 3. The van der Waals surface area contributed by atoms with E-state index in [2.05, 4.69) is 29.2 Å². The Kier molecular flexibility index (Phi) is 5.88. The Bertz CT molecular complexity index is 1330. The monoisotopic (exact) mass is 441 g/mol. The Balaban J connectivity index is 1.42. The van der Waals surface area contributed by atoms with E-state index >= 15 is 0 Å². The molecule has 0 radical (unpaired) electrons. The maximum absolute atomic E-state index is 13.1. The molecule has 5 rings (SSSR count). The third kappa shape index (κ3) is 4.24. The summed E-state index contributed by atoms with van der Waals surface area (Å²) in [4.78, 5) is 15.3. The van der Waals surface area contributed by atoms with E-state index < -0.39 is 0 Å². The number of methoxy groups -OCH3 is 1. The minimum atomic E-state index is -0.334. The number of rotatable bonds is 6. The van der Waals surface area contributed by atoms with Crippen LogP contribution in [-0.4, -0.2) is 25.3 Å². The van der Waals surface area contributed by atoms with Crippen LogP contribution >= 0.6 is 0 Å². The van der Waals surface area contributed by atoms with Crippen molar-refractivity contribution in [1.29, 1.82) is 0 Å². The lowest BCUT2D eigenvalue weighted by atomic mass is 9.97. The molecule has 33 heavy (non-hydrogen) atoms. The lowest BCUT2D eigenvalue weighted by Gasteiger charge is -2.29. The van der Waals surface area contributed by atoms with Crippen LogP contribution in [0.15, 0.2) is 75.9 Å². The second-order valence-corrected chi connectivity index (χ2v) is 8.45. The van der Waals surface area contributed by atoms with Gasteiger partial charge in [0.25, 0.3) is 0 Å². The first-order valence-corrected chi connectivity index (χ1v) is 11.3. The van der Waals surface area contributed by atoms with Crippen molar-refractivity contribution in [2.24, 2.45) is 0 Å². The summed E-state index contributed by atoms with van der Waals surface area (Å²) in [7, 11) is 1.63. The molecule has 3 aromatic carbocycles. The quantitative estimate of drug-likeness (QED) is 0.367. The predicted octanol–water partition coefficient (Wildman–Crippen LogP) is 5.56. The molecule has 0 saturated heterocycles. The van der Waals surface area contributed by atoms with Crippen molar-refractivity contribution in [3.63, 3.8) is 0 Å². The summed E-state index contributed by atoms with van der Waals surface area (Å²) in [5, 5.41) is 0.939. The lowest BCUT2D eigenvalue weighted by molar-refractivity contribution is 0.0946. The van der Waals surface area contributed by atoms with Gasteiger partial charge >= 0.3 is 5.63 Å². The van der Waals surface area contributed by atoms with Gasteiger partial charge in [-0.2, -0.15) is 0 Å². The Labute approximate surface area is 193 Å². The number of hydrogen-bond donors (Lipinski definition) is 0. The standard InChI is InChI=1S/C28H27NO4/c1-19-23-14-15-25-24(17-29(18-32-25)16-6-9-20-7-4-3-5-8-20)27(23)33-28(30)26(19)21-10-12-22(31-2)13-11-21/h3-5,7-8,10-15H,6,9,16-18H2,1-2H3. The topological polar surface area (TPSA) is 51.9 Å². The number of hydrogen-bond acceptors (Lipinski definition) is 5. The second kappa shape index (κ2) is 9.12. The van der Waals surface area contributed by atoms with Crippen molar-refractivity contribution in [1.82, 2.24) is 4.90 Å². The van der Waals surface area contributed by atoms with Gasteiger partial charge in [-0.1, -0.05) is 42.5 Å². The van der Waals surface area contributed by atoms with E-state index in [-0.39, 0.29) is 5.63 Å². The minimum absolute atomic E-state index is 0.334. The molecule has 0 fully saturated rings. The van der Waals surface area contributed by atoms with Crippen LogP contribution < -0.4 is 15.1 Å². The summed E-state index contributed by atoms with van der Waals surface area (Å²) in [5.74, 6) is 1.54. The summed E-state index contributed by atoms with van der Waals surface area (Å²) in [6.07, 6.45) is 2.07. The van der Waals surface area contributed by atoms with Crippen molar-refractivity contribution < 1.29 is 13.9 Å². The predicted molar refractivity (Wildman–Crippen MR) is 130 cm³/mol. The summed E-state index contributed by atoms with van der Waals surface area (Å²) >= 11 is 0. The van der Waals surface area contributed by atoms with Gasteiger partial charge in [0.2, 0.25) is 0 Å². The molecule has 5 nitrogen and oxygen atoms in total. The summed E-state index contributed by atoms with van der Waals surface area (Å²) in [6.45, 7) is 4.14. The van der Waals surface area contributed by atoms with E-state index in [1.807, 2.05) is 49.4 Å². The molecule has 0 bridgehead atoms. The minimum Gasteiger partial charge on any atom is -0.497 e. The highest BCUT2D eigenvalue weighted by atomic mass is 16.5. The molecule has 0 unspecified atom stereocenters. The molecule has 0 amide bonds. The Morgan fingerprint density at radius 3 is 2.55 bits per heavy atom. The van der Waals surface area contributed by atoms with Crippen LogP contribution in [0.2, 0.25) is 0 Å². The van der Waals surface area contributed by atoms with Gasteiger partial charge in [-0.15, -0.1) is 0 Å². The maximum atomic E-state index is 13.1. The zero-order chi connectivity index (χ0) is 22.8. The molecule has 0 spiro atoms. The Hall–Kier alpha value is -3.57. The number of nitrogens with zero attached hydrogens (tertiary/aromatic N) is 1. The van der Waals surface area contributed by atoms with E-state index in [1.54, 1.807) is 7.11 Å². The van der Waals surface area contributed by atoms with Crippen LogP contribution in [0, 0.1) is 6.92 Å². The molecule has 0 saturated carbocycles. The SMILES string of the molecule is COc1ccc(-c2c(C)c3ccc4c(c3oc2=O)CN(CCCc2ccccc2)CO4)cc1. The van der Waals surface area contributed by atoms with E-state index in [4.69, 9.17) is 13.9 Å². The summed E-state index contributed by atoms with van der Waals surface area (Å²) < 4.78 is 17.2. The smallest absolute Gasteiger partial charge is 0.344 e. The van der Waals surface area contributed by atoms with Crippen molar-refractivity contribution in [2.45, 2.75) is 26.3 Å². The summed E-state index contributed by atoms with van der Waals surface area (Å²) in [6, 6.07) is 22.0. The van der Waals surface area contributed by atoms with Crippen LogP contribution in [0.1, 0.15) is 23.1 Å². The van der Waals surface area contributed by atoms with Gasteiger partial charge in [0.15, 0.2) is 0 Å². The molecule has 168 valence electrons. The van der Waals surface area contributed by atoms with Gasteiger partial charge in [0, 0.05) is 18.5 Å². The lowest BCUT2D eigenvalue weighted by Crippen LogP contribution is -2.33. The van der Waals surface area contributed by atoms with Crippen LogP contribution in [-0.2, 0) is 13.0 Å². The average Bonchev–Trinajstić information content (AvgIpc) is 2.85. The summed E-state index contributed by atoms with van der Waals surface area (Å²) in [5.41, 5.74) is 4.89. The third-order valence-corrected chi connectivity index (χ3v) is 6.34. The Morgan fingerprint density at radius 1 is 1.00 bits per heavy atom. The highest BCUT2D eigenvalue weighted by Crippen LogP contribution is 2.35. The fourth-order valence-corrected chi connectivity index (χ4v) is 4.56. The van der Waals surface area contributed by atoms with Crippen LogP contribution in [0.3, 0.4) is 0 Å². The van der Waals surface area contributed by atoms with Gasteiger partial charge in [0.05, 0.1) is 18.2 Å². The van der Waals surface area contributed by atoms with Gasteiger partial charge < -0.3 is 13.9 Å². The molecule has 0 N–H and O–H groups in total. The number of fused-ring (bicyclic) bond motifs is 3. The van der Waals surface area contributed by atoms with Crippen LogP contribution in [0.25, 0.3) is 22.1 Å². The van der Waals surface area contributed by atoms with Gasteiger partial charge in [-0.3, -0.25) is 4.90 Å². The molecule has 4 aromatic rings. The first-order chi connectivity index (χ1) is 16.1. The van der Waals surface area contributed by atoms with Gasteiger partial charge in [-0.05, 0) is 60.7 Å². The van der Waals surface area contributed by atoms with E-state index in [0.29, 0.717) is 24.4 Å². The molecule has 1 aliphatic heterocycles. The molecule has 0 aliphatic carbocycles. The van der Waals surface area contributed by atoms with E-state index in [1.165, 1.54) is 5.56 Å². The normalized spacial score (nSPS) is 13.5. The fourth-order valence-electron chi connectivity index (χ4n) is 4.56. The van der Waals surface area contributed by atoms with Gasteiger partial charge in [0.1, 0.15) is 23.8 Å². The number of ether oxygens (including phenoxy) is 2. The Morgan fingerprint density at radius 2 is 1.79 bits per heavy atom. The molecule has 2 heterocycles. The highest BCUT2D eigenvalue weighted by Gasteiger charge is 2.23. The molecule has 1 aromatic heterocycles. The fraction of sp³-hybridized carbons (Fsp3) is 0.250.